The highest BCUT2D eigenvalue weighted by Crippen LogP contribution is 2.35. The minimum Gasteiger partial charge on any atom is -0.393 e. The van der Waals surface area contributed by atoms with Crippen molar-refractivity contribution in [1.82, 2.24) is 4.31 Å². The summed E-state index contributed by atoms with van der Waals surface area (Å²) in [5, 5.41) is 0.385. The molecule has 1 aromatic rings. The van der Waals surface area contributed by atoms with Gasteiger partial charge in [-0.05, 0) is 22.0 Å². The third-order valence-electron chi connectivity index (χ3n) is 1.96. The van der Waals surface area contributed by atoms with Gasteiger partial charge in [-0.3, -0.25) is 0 Å². The van der Waals surface area contributed by atoms with Crippen LogP contribution >= 0.6 is 51.1 Å². The fourth-order valence-corrected chi connectivity index (χ4v) is 4.87. The van der Waals surface area contributed by atoms with Crippen molar-refractivity contribution in [1.29, 1.82) is 0 Å². The first-order valence-electron chi connectivity index (χ1n) is 4.44. The Morgan fingerprint density at radius 1 is 1.71 bits per heavy atom. The van der Waals surface area contributed by atoms with E-state index in [0.717, 1.165) is 11.3 Å². The van der Waals surface area contributed by atoms with E-state index < -0.39 is 10.0 Å². The molecule has 0 aliphatic heterocycles. The Balaban J connectivity index is 2.91. The van der Waals surface area contributed by atoms with Gasteiger partial charge in [-0.25, -0.2) is 8.42 Å². The Bertz CT molecular complexity index is 509. The molecule has 17 heavy (non-hydrogen) atoms. The van der Waals surface area contributed by atoms with Gasteiger partial charge in [0, 0.05) is 20.0 Å². The van der Waals surface area contributed by atoms with Crippen molar-refractivity contribution in [3.8, 4) is 0 Å². The molecule has 0 saturated heterocycles. The Morgan fingerprint density at radius 3 is 2.71 bits per heavy atom. The van der Waals surface area contributed by atoms with E-state index in [-0.39, 0.29) is 15.7 Å². The van der Waals surface area contributed by atoms with Crippen LogP contribution in [0.1, 0.15) is 6.42 Å². The molecule has 0 spiro atoms. The molecule has 0 radical (unpaired) electrons. The summed E-state index contributed by atoms with van der Waals surface area (Å²) in [5.74, 6) is 0. The normalized spacial score (nSPS) is 12.0. The lowest BCUT2D eigenvalue weighted by Gasteiger charge is -2.15. The van der Waals surface area contributed by atoms with E-state index in [4.69, 9.17) is 29.6 Å². The van der Waals surface area contributed by atoms with E-state index >= 15 is 0 Å². The summed E-state index contributed by atoms with van der Waals surface area (Å²) in [6.07, 6.45) is 0.353. The lowest BCUT2D eigenvalue weighted by Crippen LogP contribution is -2.29. The molecule has 4 nitrogen and oxygen atoms in total. The summed E-state index contributed by atoms with van der Waals surface area (Å²) in [4.78, 5) is 0.289. The average molecular weight is 378 g/mol. The molecule has 1 aromatic heterocycles. The summed E-state index contributed by atoms with van der Waals surface area (Å²) in [7, 11) is -2.03. The van der Waals surface area contributed by atoms with Crippen LogP contribution in [0.5, 0.6) is 0 Å². The molecule has 0 bridgehead atoms. The molecule has 0 aliphatic rings. The van der Waals surface area contributed by atoms with E-state index in [1.54, 1.807) is 0 Å². The van der Waals surface area contributed by atoms with Crippen LogP contribution in [0.3, 0.4) is 0 Å². The van der Waals surface area contributed by atoms with Gasteiger partial charge in [0.15, 0.2) is 0 Å². The molecule has 1 heterocycles. The Morgan fingerprint density at radius 2 is 2.29 bits per heavy atom. The molecule has 1 rings (SSSR count). The molecule has 0 aromatic carbocycles. The maximum Gasteiger partial charge on any atom is 0.252 e. The highest BCUT2D eigenvalue weighted by molar-refractivity contribution is 9.11. The van der Waals surface area contributed by atoms with Gasteiger partial charge in [0.2, 0.25) is 0 Å². The predicted octanol–water partition coefficient (Wildman–Crippen LogP) is 2.46. The highest BCUT2D eigenvalue weighted by atomic mass is 79.9. The maximum absolute atomic E-state index is 12.1. The van der Waals surface area contributed by atoms with Gasteiger partial charge in [0.05, 0.1) is 13.8 Å². The molecule has 0 saturated carbocycles. The highest BCUT2D eigenvalue weighted by Gasteiger charge is 2.24. The van der Waals surface area contributed by atoms with Crippen LogP contribution in [0.2, 0.25) is 5.02 Å². The Labute approximate surface area is 123 Å². The number of thiophene rings is 1. The second-order valence-electron chi connectivity index (χ2n) is 3.23. The third-order valence-corrected chi connectivity index (χ3v) is 6.95. The summed E-state index contributed by atoms with van der Waals surface area (Å²) in [6.45, 7) is 0.255. The second-order valence-corrected chi connectivity index (χ2v) is 8.80. The summed E-state index contributed by atoms with van der Waals surface area (Å²) >= 11 is 14.8. The van der Waals surface area contributed by atoms with Crippen LogP contribution in [0.15, 0.2) is 14.1 Å². The van der Waals surface area contributed by atoms with Gasteiger partial charge in [-0.15, -0.1) is 11.3 Å². The van der Waals surface area contributed by atoms with Crippen molar-refractivity contribution >= 4 is 66.1 Å². The quantitative estimate of drug-likeness (QED) is 0.801. The van der Waals surface area contributed by atoms with Crippen molar-refractivity contribution in [3.63, 3.8) is 0 Å². The van der Waals surface area contributed by atoms with Gasteiger partial charge in [-0.2, -0.15) is 4.31 Å². The van der Waals surface area contributed by atoms with Crippen LogP contribution in [0.4, 0.5) is 0 Å². The zero-order chi connectivity index (χ0) is 13.2. The number of sulfonamides is 1. The molecule has 0 aliphatic carbocycles. The second kappa shape index (κ2) is 5.94. The standard InChI is InChI=1S/C8H10BrClN2O2S3/c1-12(3-2-6(11)15)17(13,14)7-4-5(10)8(9)16-7/h4H,2-3H2,1H3,(H2,11,15). The van der Waals surface area contributed by atoms with Gasteiger partial charge in [0.1, 0.15) is 4.21 Å². The van der Waals surface area contributed by atoms with E-state index in [1.807, 2.05) is 0 Å². The largest absolute Gasteiger partial charge is 0.393 e. The van der Waals surface area contributed by atoms with Crippen LogP contribution < -0.4 is 5.73 Å². The number of nitrogens with zero attached hydrogens (tertiary/aromatic N) is 1. The number of nitrogens with two attached hydrogens (primary N) is 1. The van der Waals surface area contributed by atoms with Gasteiger partial charge < -0.3 is 5.73 Å². The fourth-order valence-electron chi connectivity index (χ4n) is 0.995. The van der Waals surface area contributed by atoms with Crippen molar-refractivity contribution in [2.45, 2.75) is 10.6 Å². The van der Waals surface area contributed by atoms with Gasteiger partial charge in [0.25, 0.3) is 10.0 Å². The lowest BCUT2D eigenvalue weighted by molar-refractivity contribution is 0.480. The van der Waals surface area contributed by atoms with E-state index in [0.29, 0.717) is 15.2 Å². The first kappa shape index (κ1) is 15.3. The molecular formula is C8H10BrClN2O2S3. The Kier molecular flexibility index (Phi) is 5.36. The lowest BCUT2D eigenvalue weighted by atomic mass is 10.4. The monoisotopic (exact) mass is 376 g/mol. The van der Waals surface area contributed by atoms with Crippen molar-refractivity contribution in [3.05, 3.63) is 14.9 Å². The number of halogens is 2. The van der Waals surface area contributed by atoms with E-state index in [9.17, 15) is 8.42 Å². The summed E-state index contributed by atoms with van der Waals surface area (Å²) in [5.41, 5.74) is 5.33. The topological polar surface area (TPSA) is 63.4 Å². The molecule has 96 valence electrons. The summed E-state index contributed by atoms with van der Waals surface area (Å²) in [6, 6.07) is 1.42. The van der Waals surface area contributed by atoms with Gasteiger partial charge >= 0.3 is 0 Å². The Hall–Kier alpha value is 0.270. The fraction of sp³-hybridized carbons (Fsp3) is 0.375. The molecule has 0 unspecified atom stereocenters. The zero-order valence-corrected chi connectivity index (χ0v) is 13.6. The molecule has 0 atom stereocenters. The number of hydrogen-bond acceptors (Lipinski definition) is 4. The molecule has 0 fully saturated rings. The first-order chi connectivity index (χ1) is 7.75. The molecule has 9 heteroatoms. The first-order valence-corrected chi connectivity index (χ1v) is 8.28. The van der Waals surface area contributed by atoms with Crippen molar-refractivity contribution < 1.29 is 8.42 Å². The molecular weight excluding hydrogens is 368 g/mol. The maximum atomic E-state index is 12.1. The number of rotatable bonds is 5. The van der Waals surface area contributed by atoms with Crippen LogP contribution in [0.25, 0.3) is 0 Å². The van der Waals surface area contributed by atoms with Crippen molar-refractivity contribution in [2.75, 3.05) is 13.6 Å². The number of thiocarbonyl (C=S) groups is 1. The van der Waals surface area contributed by atoms with Crippen LogP contribution in [0, 0.1) is 0 Å². The van der Waals surface area contributed by atoms with Gasteiger partial charge in [-0.1, -0.05) is 23.8 Å². The average Bonchev–Trinajstić information content (AvgIpc) is 2.56. The smallest absolute Gasteiger partial charge is 0.252 e. The molecule has 2 N–H and O–H groups in total. The number of hydrogen-bond donors (Lipinski definition) is 1. The van der Waals surface area contributed by atoms with E-state index in [2.05, 4.69) is 15.9 Å². The van der Waals surface area contributed by atoms with Crippen molar-refractivity contribution in [2.24, 2.45) is 5.73 Å². The zero-order valence-electron chi connectivity index (χ0n) is 8.81. The predicted molar refractivity (Wildman–Crippen MR) is 78.2 cm³/mol. The third kappa shape index (κ3) is 3.87. The van der Waals surface area contributed by atoms with Crippen LogP contribution in [-0.4, -0.2) is 31.3 Å². The molecule has 0 amide bonds. The minimum atomic E-state index is -3.51. The SMILES string of the molecule is CN(CCC(N)=S)S(=O)(=O)c1cc(Cl)c(Br)s1. The minimum absolute atomic E-state index is 0.194. The summed E-state index contributed by atoms with van der Waals surface area (Å²) < 4.78 is 26.2. The van der Waals surface area contributed by atoms with E-state index in [1.165, 1.54) is 17.4 Å². The van der Waals surface area contributed by atoms with Crippen LogP contribution in [-0.2, 0) is 10.0 Å².